The fourth-order valence-electron chi connectivity index (χ4n) is 3.96. The first-order valence-electron chi connectivity index (χ1n) is 8.24. The van der Waals surface area contributed by atoms with Gasteiger partial charge in [0.25, 0.3) is 0 Å². The highest BCUT2D eigenvalue weighted by Gasteiger charge is 2.52. The molecule has 1 aliphatic carbocycles. The molecule has 1 aliphatic heterocycles. The number of carbonyl (C=O) groups is 2. The molecule has 0 aromatic heterocycles. The van der Waals surface area contributed by atoms with Gasteiger partial charge in [0.05, 0.1) is 25.2 Å². The Hall–Kier alpha value is -2.04. The van der Waals surface area contributed by atoms with Crippen molar-refractivity contribution in [1.82, 2.24) is 4.90 Å². The van der Waals surface area contributed by atoms with Gasteiger partial charge in [0.1, 0.15) is 5.75 Å². The molecule has 23 heavy (non-hydrogen) atoms. The van der Waals surface area contributed by atoms with E-state index >= 15 is 0 Å². The molecule has 124 valence electrons. The molecule has 0 N–H and O–H groups in total. The van der Waals surface area contributed by atoms with Crippen LogP contribution in [0.2, 0.25) is 0 Å². The minimum atomic E-state index is -0.486. The molecule has 0 radical (unpaired) electrons. The molecule has 1 amide bonds. The first kappa shape index (κ1) is 15.8. The summed E-state index contributed by atoms with van der Waals surface area (Å²) in [6, 6.07) is 7.42. The van der Waals surface area contributed by atoms with Crippen LogP contribution in [0, 0.1) is 0 Å². The van der Waals surface area contributed by atoms with Crippen LogP contribution in [0.15, 0.2) is 24.3 Å². The minimum Gasteiger partial charge on any atom is -0.497 e. The predicted octanol–water partition coefficient (Wildman–Crippen LogP) is 2.92. The fraction of sp³-hybridized carbons (Fsp3) is 0.556. The molecule has 1 saturated heterocycles. The number of piperidine rings is 1. The summed E-state index contributed by atoms with van der Waals surface area (Å²) in [5.74, 6) is 0.913. The normalized spacial score (nSPS) is 26.8. The summed E-state index contributed by atoms with van der Waals surface area (Å²) in [4.78, 5) is 26.9. The lowest BCUT2D eigenvalue weighted by Crippen LogP contribution is -2.60. The van der Waals surface area contributed by atoms with Crippen molar-refractivity contribution >= 4 is 11.9 Å². The zero-order valence-corrected chi connectivity index (χ0v) is 13.7. The van der Waals surface area contributed by atoms with E-state index in [9.17, 15) is 9.59 Å². The van der Waals surface area contributed by atoms with Crippen molar-refractivity contribution in [3.63, 3.8) is 0 Å². The second-order valence-corrected chi connectivity index (χ2v) is 6.23. The van der Waals surface area contributed by atoms with Gasteiger partial charge in [0, 0.05) is 6.54 Å². The fourth-order valence-corrected chi connectivity index (χ4v) is 3.96. The zero-order valence-electron chi connectivity index (χ0n) is 13.7. The Morgan fingerprint density at radius 2 is 2.22 bits per heavy atom. The second-order valence-electron chi connectivity index (χ2n) is 6.23. The number of methoxy groups -OCH3 is 1. The van der Waals surface area contributed by atoms with E-state index in [1.807, 2.05) is 24.3 Å². The molecule has 0 spiro atoms. The Bertz CT molecular complexity index is 615. The Morgan fingerprint density at radius 3 is 2.96 bits per heavy atom. The number of ether oxygens (including phenoxy) is 2. The largest absolute Gasteiger partial charge is 0.497 e. The van der Waals surface area contributed by atoms with Crippen molar-refractivity contribution in [2.45, 2.75) is 44.1 Å². The van der Waals surface area contributed by atoms with Crippen molar-refractivity contribution < 1.29 is 19.1 Å². The first-order chi connectivity index (χ1) is 11.1. The van der Waals surface area contributed by atoms with Crippen LogP contribution >= 0.6 is 0 Å². The Morgan fingerprint density at radius 1 is 1.39 bits per heavy atom. The van der Waals surface area contributed by atoms with Crippen molar-refractivity contribution in [1.29, 1.82) is 0 Å². The summed E-state index contributed by atoms with van der Waals surface area (Å²) in [6.07, 6.45) is 2.78. The molecule has 1 aromatic rings. The van der Waals surface area contributed by atoms with E-state index in [-0.39, 0.29) is 17.9 Å². The van der Waals surface area contributed by atoms with Crippen LogP contribution in [-0.2, 0) is 14.9 Å². The highest BCUT2D eigenvalue weighted by Crippen LogP contribution is 2.45. The number of amides is 1. The maximum Gasteiger partial charge on any atom is 0.410 e. The van der Waals surface area contributed by atoms with E-state index < -0.39 is 5.41 Å². The van der Waals surface area contributed by atoms with Gasteiger partial charge in [-0.15, -0.1) is 0 Å². The van der Waals surface area contributed by atoms with E-state index in [1.54, 1.807) is 18.9 Å². The number of nitrogens with zero attached hydrogens (tertiary/aromatic N) is 1. The maximum atomic E-state index is 13.2. The van der Waals surface area contributed by atoms with Gasteiger partial charge in [0.15, 0.2) is 5.78 Å². The predicted molar refractivity (Wildman–Crippen MR) is 85.7 cm³/mol. The number of benzene rings is 1. The summed E-state index contributed by atoms with van der Waals surface area (Å²) >= 11 is 0. The van der Waals surface area contributed by atoms with Crippen LogP contribution in [-0.4, -0.2) is 43.1 Å². The molecule has 2 atom stereocenters. The van der Waals surface area contributed by atoms with Crippen LogP contribution in [0.25, 0.3) is 0 Å². The van der Waals surface area contributed by atoms with Crippen LogP contribution < -0.4 is 4.74 Å². The molecular formula is C18H23NO4. The van der Waals surface area contributed by atoms with E-state index in [0.29, 0.717) is 19.6 Å². The molecule has 2 aliphatic rings. The lowest BCUT2D eigenvalue weighted by molar-refractivity contribution is -0.136. The van der Waals surface area contributed by atoms with Crippen molar-refractivity contribution in [3.05, 3.63) is 29.8 Å². The topological polar surface area (TPSA) is 55.8 Å². The van der Waals surface area contributed by atoms with E-state index in [1.165, 1.54) is 0 Å². The molecule has 5 heteroatoms. The average molecular weight is 317 g/mol. The van der Waals surface area contributed by atoms with Crippen molar-refractivity contribution in [2.75, 3.05) is 20.3 Å². The summed E-state index contributed by atoms with van der Waals surface area (Å²) in [6.45, 7) is 2.68. The van der Waals surface area contributed by atoms with Gasteiger partial charge in [-0.1, -0.05) is 12.1 Å². The third kappa shape index (κ3) is 2.58. The van der Waals surface area contributed by atoms with Gasteiger partial charge in [0.2, 0.25) is 0 Å². The first-order valence-corrected chi connectivity index (χ1v) is 8.24. The van der Waals surface area contributed by atoms with Crippen molar-refractivity contribution in [2.24, 2.45) is 0 Å². The number of hydrogen-bond acceptors (Lipinski definition) is 4. The number of likely N-dealkylation sites (tertiary alicyclic amines) is 1. The molecule has 2 bridgehead atoms. The molecule has 3 rings (SSSR count). The summed E-state index contributed by atoms with van der Waals surface area (Å²) in [7, 11) is 1.63. The SMILES string of the molecule is CCOC(=O)N1CC[C@]2(c3cccc(OC)c3)CCC[C@H]1C2=O. The number of Topliss-reactive ketones (excluding diaryl/α,β-unsaturated/α-hetero) is 1. The summed E-state index contributed by atoms with van der Waals surface area (Å²) in [5.41, 5.74) is 0.524. The van der Waals surface area contributed by atoms with Gasteiger partial charge in [-0.25, -0.2) is 4.79 Å². The highest BCUT2D eigenvalue weighted by molar-refractivity contribution is 5.98. The Balaban J connectivity index is 1.92. The Kier molecular flexibility index (Phi) is 4.28. The molecular weight excluding hydrogens is 294 g/mol. The lowest BCUT2D eigenvalue weighted by Gasteiger charge is -2.48. The van der Waals surface area contributed by atoms with E-state index in [2.05, 4.69) is 0 Å². The minimum absolute atomic E-state index is 0.149. The molecule has 5 nitrogen and oxygen atoms in total. The van der Waals surface area contributed by atoms with Crippen LogP contribution in [0.5, 0.6) is 5.75 Å². The van der Waals surface area contributed by atoms with Gasteiger partial charge in [-0.05, 0) is 50.3 Å². The number of ketones is 1. The zero-order chi connectivity index (χ0) is 16.4. The highest BCUT2D eigenvalue weighted by atomic mass is 16.6. The van der Waals surface area contributed by atoms with E-state index in [0.717, 1.165) is 30.6 Å². The monoisotopic (exact) mass is 317 g/mol. The van der Waals surface area contributed by atoms with Gasteiger partial charge >= 0.3 is 6.09 Å². The number of fused-ring (bicyclic) bond motifs is 2. The standard InChI is InChI=1S/C18H23NO4/c1-3-23-17(21)19-11-10-18(9-5-8-15(19)16(18)20)13-6-4-7-14(12-13)22-2/h4,6-7,12,15H,3,5,8-11H2,1-2H3/t15-,18-/m0/s1. The van der Waals surface area contributed by atoms with E-state index in [4.69, 9.17) is 9.47 Å². The molecule has 1 aromatic carbocycles. The summed E-state index contributed by atoms with van der Waals surface area (Å²) in [5, 5.41) is 0. The van der Waals surface area contributed by atoms with Crippen LogP contribution in [0.4, 0.5) is 4.79 Å². The van der Waals surface area contributed by atoms with Crippen LogP contribution in [0.1, 0.15) is 38.2 Å². The number of hydrogen-bond donors (Lipinski definition) is 0. The molecule has 0 unspecified atom stereocenters. The lowest BCUT2D eigenvalue weighted by atomic mass is 9.62. The van der Waals surface area contributed by atoms with Crippen LogP contribution in [0.3, 0.4) is 0 Å². The van der Waals surface area contributed by atoms with Gasteiger partial charge < -0.3 is 9.47 Å². The smallest absolute Gasteiger partial charge is 0.410 e. The second kappa shape index (κ2) is 6.22. The molecule has 1 saturated carbocycles. The third-order valence-corrected chi connectivity index (χ3v) is 5.14. The average Bonchev–Trinajstić information content (AvgIpc) is 2.55. The molecule has 2 fully saturated rings. The molecule has 1 heterocycles. The summed E-state index contributed by atoms with van der Waals surface area (Å²) < 4.78 is 10.4. The Labute approximate surface area is 136 Å². The van der Waals surface area contributed by atoms with Crippen molar-refractivity contribution in [3.8, 4) is 5.75 Å². The van der Waals surface area contributed by atoms with Gasteiger partial charge in [-0.2, -0.15) is 0 Å². The number of carbonyl (C=O) groups excluding carboxylic acids is 2. The van der Waals surface area contributed by atoms with Gasteiger partial charge in [-0.3, -0.25) is 9.69 Å². The number of rotatable bonds is 3. The quantitative estimate of drug-likeness (QED) is 0.860. The maximum absolute atomic E-state index is 13.2. The third-order valence-electron chi connectivity index (χ3n) is 5.14.